The van der Waals surface area contributed by atoms with Crippen LogP contribution in [0.2, 0.25) is 0 Å². The lowest BCUT2D eigenvalue weighted by molar-refractivity contribution is -0.689. The average molecular weight is 397 g/mol. The van der Waals surface area contributed by atoms with Gasteiger partial charge < -0.3 is 0 Å². The standard InChI is InChI=1S/C22H22NO.BrH/c1-3-18-10-9-17(2)23(15-18)16-22(24)21-13-11-20(12-14-21)19-7-5-4-6-8-19;/h4-15H,3,16H2,1-2H3;1H/q+1;. The fourth-order valence-corrected chi connectivity index (χ4v) is 2.77. The Morgan fingerprint density at radius 2 is 1.52 bits per heavy atom. The minimum atomic E-state index is 0. The van der Waals surface area contributed by atoms with E-state index in [1.165, 1.54) is 5.56 Å². The molecule has 1 aromatic heterocycles. The maximum Gasteiger partial charge on any atom is 0.227 e. The van der Waals surface area contributed by atoms with Crippen LogP contribution in [-0.2, 0) is 13.0 Å². The Bertz CT molecular complexity index is 842. The van der Waals surface area contributed by atoms with Crippen molar-refractivity contribution < 1.29 is 9.36 Å². The number of halogens is 1. The molecule has 0 N–H and O–H groups in total. The van der Waals surface area contributed by atoms with Gasteiger partial charge in [0.2, 0.25) is 12.3 Å². The highest BCUT2D eigenvalue weighted by atomic mass is 79.9. The SMILES string of the molecule is Br.CCc1ccc(C)[n+](CC(=O)c2ccc(-c3ccccc3)cc2)c1. The van der Waals surface area contributed by atoms with Gasteiger partial charge in [-0.2, -0.15) is 4.57 Å². The summed E-state index contributed by atoms with van der Waals surface area (Å²) in [5, 5.41) is 0. The smallest absolute Gasteiger partial charge is 0.227 e. The molecule has 25 heavy (non-hydrogen) atoms. The molecule has 0 atom stereocenters. The van der Waals surface area contributed by atoms with E-state index in [-0.39, 0.29) is 22.8 Å². The first-order chi connectivity index (χ1) is 11.7. The molecule has 0 bridgehead atoms. The number of rotatable bonds is 5. The minimum absolute atomic E-state index is 0. The molecule has 3 aromatic rings. The molecule has 0 unspecified atom stereocenters. The summed E-state index contributed by atoms with van der Waals surface area (Å²) >= 11 is 0. The zero-order valence-electron chi connectivity index (χ0n) is 14.6. The third-order valence-corrected chi connectivity index (χ3v) is 4.35. The maximum atomic E-state index is 12.6. The van der Waals surface area contributed by atoms with E-state index in [0.29, 0.717) is 6.54 Å². The Labute approximate surface area is 159 Å². The molecular weight excluding hydrogens is 374 g/mol. The first-order valence-corrected chi connectivity index (χ1v) is 8.35. The molecule has 0 saturated carbocycles. The van der Waals surface area contributed by atoms with Crippen molar-refractivity contribution in [1.82, 2.24) is 0 Å². The fraction of sp³-hybridized carbons (Fsp3) is 0.182. The number of benzene rings is 2. The van der Waals surface area contributed by atoms with Gasteiger partial charge in [-0.1, -0.05) is 61.5 Å². The largest absolute Gasteiger partial charge is 0.287 e. The highest BCUT2D eigenvalue weighted by molar-refractivity contribution is 8.93. The highest BCUT2D eigenvalue weighted by Gasteiger charge is 2.15. The minimum Gasteiger partial charge on any atom is -0.287 e. The van der Waals surface area contributed by atoms with Crippen molar-refractivity contribution in [2.24, 2.45) is 0 Å². The van der Waals surface area contributed by atoms with Gasteiger partial charge in [-0.15, -0.1) is 17.0 Å². The highest BCUT2D eigenvalue weighted by Crippen LogP contribution is 2.19. The predicted octanol–water partition coefficient (Wildman–Crippen LogP) is 4.97. The first-order valence-electron chi connectivity index (χ1n) is 8.35. The van der Waals surface area contributed by atoms with Crippen molar-refractivity contribution in [1.29, 1.82) is 0 Å². The van der Waals surface area contributed by atoms with Crippen molar-refractivity contribution in [3.05, 3.63) is 89.7 Å². The van der Waals surface area contributed by atoms with Crippen LogP contribution in [0.1, 0.15) is 28.5 Å². The number of carbonyl (C=O) groups is 1. The Hall–Kier alpha value is -2.26. The lowest BCUT2D eigenvalue weighted by Crippen LogP contribution is -2.41. The normalized spacial score (nSPS) is 10.2. The second-order valence-electron chi connectivity index (χ2n) is 6.03. The Kier molecular flexibility index (Phi) is 6.65. The lowest BCUT2D eigenvalue weighted by atomic mass is 10.0. The van der Waals surface area contributed by atoms with Gasteiger partial charge in [-0.05, 0) is 23.6 Å². The molecule has 0 aliphatic carbocycles. The van der Waals surface area contributed by atoms with E-state index in [0.717, 1.165) is 28.8 Å². The van der Waals surface area contributed by atoms with Crippen molar-refractivity contribution in [2.45, 2.75) is 26.8 Å². The van der Waals surface area contributed by atoms with Crippen LogP contribution in [0.15, 0.2) is 72.9 Å². The molecule has 0 radical (unpaired) electrons. The topological polar surface area (TPSA) is 20.9 Å². The summed E-state index contributed by atoms with van der Waals surface area (Å²) < 4.78 is 2.03. The van der Waals surface area contributed by atoms with Crippen molar-refractivity contribution in [2.75, 3.05) is 0 Å². The van der Waals surface area contributed by atoms with E-state index >= 15 is 0 Å². The number of hydrogen-bond acceptors (Lipinski definition) is 1. The van der Waals surface area contributed by atoms with Gasteiger partial charge in [0.25, 0.3) is 0 Å². The van der Waals surface area contributed by atoms with Crippen molar-refractivity contribution in [3.63, 3.8) is 0 Å². The number of ketones is 1. The summed E-state index contributed by atoms with van der Waals surface area (Å²) in [6, 6.07) is 22.3. The van der Waals surface area contributed by atoms with Crippen LogP contribution in [-0.4, -0.2) is 5.78 Å². The summed E-state index contributed by atoms with van der Waals surface area (Å²) in [4.78, 5) is 12.6. The molecule has 0 aliphatic heterocycles. The molecule has 2 nitrogen and oxygen atoms in total. The van der Waals surface area contributed by atoms with E-state index in [1.54, 1.807) is 0 Å². The van der Waals surface area contributed by atoms with Crippen LogP contribution in [0.5, 0.6) is 0 Å². The molecule has 3 heteroatoms. The molecule has 1 heterocycles. The van der Waals surface area contributed by atoms with Gasteiger partial charge >= 0.3 is 0 Å². The van der Waals surface area contributed by atoms with Gasteiger partial charge in [-0.3, -0.25) is 4.79 Å². The maximum absolute atomic E-state index is 12.6. The van der Waals surface area contributed by atoms with Crippen LogP contribution >= 0.6 is 17.0 Å². The van der Waals surface area contributed by atoms with Crippen LogP contribution in [0.3, 0.4) is 0 Å². The number of hydrogen-bond donors (Lipinski definition) is 0. The first kappa shape index (κ1) is 19.1. The molecule has 128 valence electrons. The molecule has 2 aromatic carbocycles. The fourth-order valence-electron chi connectivity index (χ4n) is 2.77. The monoisotopic (exact) mass is 396 g/mol. The number of pyridine rings is 1. The Balaban J connectivity index is 0.00000225. The number of Topliss-reactive ketones (excluding diaryl/α,β-unsaturated/α-hetero) is 1. The van der Waals surface area contributed by atoms with Gasteiger partial charge in [0.15, 0.2) is 11.9 Å². The molecule has 0 amide bonds. The van der Waals surface area contributed by atoms with E-state index < -0.39 is 0 Å². The van der Waals surface area contributed by atoms with Gasteiger partial charge in [0.1, 0.15) is 0 Å². The summed E-state index contributed by atoms with van der Waals surface area (Å²) in [5.41, 5.74) is 5.39. The van der Waals surface area contributed by atoms with E-state index in [1.807, 2.05) is 54.0 Å². The van der Waals surface area contributed by atoms with Crippen LogP contribution in [0.4, 0.5) is 0 Å². The van der Waals surface area contributed by atoms with E-state index in [2.05, 4.69) is 37.4 Å². The van der Waals surface area contributed by atoms with E-state index in [4.69, 9.17) is 0 Å². The second kappa shape index (κ2) is 8.72. The summed E-state index contributed by atoms with van der Waals surface area (Å²) in [5.74, 6) is 0.135. The third-order valence-electron chi connectivity index (χ3n) is 4.35. The predicted molar refractivity (Wildman–Crippen MR) is 107 cm³/mol. The third kappa shape index (κ3) is 4.64. The van der Waals surface area contributed by atoms with Gasteiger partial charge in [-0.25, -0.2) is 0 Å². The van der Waals surface area contributed by atoms with Gasteiger partial charge in [0, 0.05) is 24.1 Å². The molecule has 0 spiro atoms. The van der Waals surface area contributed by atoms with Crippen LogP contribution < -0.4 is 4.57 Å². The second-order valence-corrected chi connectivity index (χ2v) is 6.03. The van der Waals surface area contributed by atoms with Crippen LogP contribution in [0, 0.1) is 6.92 Å². The zero-order chi connectivity index (χ0) is 16.9. The summed E-state index contributed by atoms with van der Waals surface area (Å²) in [6.07, 6.45) is 3.05. The number of nitrogens with zero attached hydrogens (tertiary/aromatic N) is 1. The number of carbonyl (C=O) groups excluding carboxylic acids is 1. The summed E-state index contributed by atoms with van der Waals surface area (Å²) in [6.45, 7) is 4.54. The van der Waals surface area contributed by atoms with Crippen LogP contribution in [0.25, 0.3) is 11.1 Å². The summed E-state index contributed by atoms with van der Waals surface area (Å²) in [7, 11) is 0. The van der Waals surface area contributed by atoms with Crippen molar-refractivity contribution in [3.8, 4) is 11.1 Å². The van der Waals surface area contributed by atoms with Crippen molar-refractivity contribution >= 4 is 22.8 Å². The average Bonchev–Trinajstić information content (AvgIpc) is 2.64. The number of aryl methyl sites for hydroxylation is 2. The molecule has 0 aliphatic rings. The van der Waals surface area contributed by atoms with Gasteiger partial charge in [0.05, 0.1) is 0 Å². The molecular formula is C22H23BrNO+. The Morgan fingerprint density at radius 1 is 0.880 bits per heavy atom. The molecule has 0 fully saturated rings. The quantitative estimate of drug-likeness (QED) is 0.440. The zero-order valence-corrected chi connectivity index (χ0v) is 16.3. The van der Waals surface area contributed by atoms with E-state index in [9.17, 15) is 4.79 Å². The molecule has 0 saturated heterocycles. The lowest BCUT2D eigenvalue weighted by Gasteiger charge is -2.05. The number of aromatic nitrogens is 1. The molecule has 3 rings (SSSR count). The Morgan fingerprint density at radius 3 is 2.16 bits per heavy atom.